The van der Waals surface area contributed by atoms with E-state index in [0.717, 1.165) is 37.7 Å². The van der Waals surface area contributed by atoms with Crippen molar-refractivity contribution in [2.75, 3.05) is 13.1 Å². The molecule has 5 rings (SSSR count). The van der Waals surface area contributed by atoms with Gasteiger partial charge >= 0.3 is 0 Å². The number of hydrogen-bond acceptors (Lipinski definition) is 6. The van der Waals surface area contributed by atoms with Crippen molar-refractivity contribution in [2.24, 2.45) is 0 Å². The van der Waals surface area contributed by atoms with Crippen LogP contribution in [0.25, 0.3) is 5.69 Å². The second-order valence-corrected chi connectivity index (χ2v) is 8.24. The molecule has 1 aromatic carbocycles. The summed E-state index contributed by atoms with van der Waals surface area (Å²) >= 11 is 0. The normalized spacial score (nSPS) is 20.2. The van der Waals surface area contributed by atoms with Crippen LogP contribution < -0.4 is 4.74 Å². The summed E-state index contributed by atoms with van der Waals surface area (Å²) in [4.78, 5) is 20.9. The van der Waals surface area contributed by atoms with Crippen LogP contribution >= 0.6 is 0 Å². The summed E-state index contributed by atoms with van der Waals surface area (Å²) < 4.78 is 6.13. The van der Waals surface area contributed by atoms with E-state index < -0.39 is 5.60 Å². The van der Waals surface area contributed by atoms with Crippen LogP contribution in [0.5, 0.6) is 5.88 Å². The van der Waals surface area contributed by atoms with Crippen LogP contribution in [-0.4, -0.2) is 55.1 Å². The fraction of sp³-hybridized carbons (Fsp3) is 0.391. The van der Waals surface area contributed by atoms with E-state index in [1.807, 2.05) is 35.2 Å². The van der Waals surface area contributed by atoms with Crippen molar-refractivity contribution >= 4 is 5.91 Å². The summed E-state index contributed by atoms with van der Waals surface area (Å²) in [5.41, 5.74) is 1.32. The van der Waals surface area contributed by atoms with Gasteiger partial charge in [0, 0.05) is 18.8 Å². The first kappa shape index (κ1) is 19.7. The Hall–Kier alpha value is -3.26. The molecular weight excluding hydrogens is 394 g/mol. The smallest absolute Gasteiger partial charge is 0.256 e. The molecule has 0 spiro atoms. The standard InChI is InChI=1S/C23H25N5O3/c29-22(19-6-1-2-7-20(19)28-25-12-13-26-28)27-14-3-5-18(16-27)31-21-15-17(8-11-24-21)23(30)9-4-10-23/h1-2,6-8,11-13,15,18,30H,3-5,9-10,14,16H2. The van der Waals surface area contributed by atoms with Crippen molar-refractivity contribution in [3.8, 4) is 11.6 Å². The number of hydrogen-bond donors (Lipinski definition) is 1. The minimum Gasteiger partial charge on any atom is -0.472 e. The van der Waals surface area contributed by atoms with Crippen LogP contribution in [0.2, 0.25) is 0 Å². The Balaban J connectivity index is 1.30. The Morgan fingerprint density at radius 1 is 1.10 bits per heavy atom. The van der Waals surface area contributed by atoms with Crippen molar-refractivity contribution in [3.05, 3.63) is 66.1 Å². The van der Waals surface area contributed by atoms with Gasteiger partial charge in [0.05, 0.1) is 35.8 Å². The summed E-state index contributed by atoms with van der Waals surface area (Å²) in [6, 6.07) is 11.0. The molecule has 1 aliphatic heterocycles. The number of amides is 1. The molecule has 31 heavy (non-hydrogen) atoms. The minimum absolute atomic E-state index is 0.0633. The van der Waals surface area contributed by atoms with Crippen LogP contribution in [0.1, 0.15) is 48.0 Å². The van der Waals surface area contributed by atoms with Gasteiger partial charge in [-0.1, -0.05) is 12.1 Å². The summed E-state index contributed by atoms with van der Waals surface area (Å²) in [6.45, 7) is 1.16. The number of aliphatic hydroxyl groups is 1. The molecule has 1 saturated carbocycles. The van der Waals surface area contributed by atoms with Crippen LogP contribution in [0.15, 0.2) is 55.0 Å². The maximum atomic E-state index is 13.3. The third-order valence-electron chi connectivity index (χ3n) is 6.17. The number of rotatable bonds is 5. The summed E-state index contributed by atoms with van der Waals surface area (Å²) in [7, 11) is 0. The Labute approximate surface area is 180 Å². The first-order valence-corrected chi connectivity index (χ1v) is 10.7. The molecule has 1 saturated heterocycles. The quantitative estimate of drug-likeness (QED) is 0.684. The zero-order valence-electron chi connectivity index (χ0n) is 17.2. The number of carbonyl (C=O) groups excluding carboxylic acids is 1. The zero-order valence-corrected chi connectivity index (χ0v) is 17.2. The number of nitrogens with zero attached hydrogens (tertiary/aromatic N) is 5. The van der Waals surface area contributed by atoms with E-state index in [1.165, 1.54) is 4.80 Å². The van der Waals surface area contributed by atoms with Crippen molar-refractivity contribution in [1.29, 1.82) is 0 Å². The van der Waals surface area contributed by atoms with E-state index in [9.17, 15) is 9.90 Å². The lowest BCUT2D eigenvalue weighted by molar-refractivity contribution is -0.0391. The Morgan fingerprint density at radius 2 is 1.90 bits per heavy atom. The molecule has 2 aromatic heterocycles. The molecule has 8 nitrogen and oxygen atoms in total. The first-order chi connectivity index (χ1) is 15.1. The summed E-state index contributed by atoms with van der Waals surface area (Å²) in [5.74, 6) is 0.435. The molecule has 0 radical (unpaired) electrons. The van der Waals surface area contributed by atoms with Gasteiger partial charge in [0.1, 0.15) is 6.10 Å². The largest absolute Gasteiger partial charge is 0.472 e. The van der Waals surface area contributed by atoms with E-state index in [2.05, 4.69) is 15.2 Å². The molecule has 1 atom stereocenters. The average molecular weight is 419 g/mol. The second-order valence-electron chi connectivity index (χ2n) is 8.24. The molecule has 1 amide bonds. The lowest BCUT2D eigenvalue weighted by atomic mass is 9.75. The van der Waals surface area contributed by atoms with Crippen LogP contribution in [0, 0.1) is 0 Å². The fourth-order valence-corrected chi connectivity index (χ4v) is 4.29. The highest BCUT2D eigenvalue weighted by Crippen LogP contribution is 2.41. The number of ether oxygens (including phenoxy) is 1. The molecule has 1 unspecified atom stereocenters. The zero-order chi connectivity index (χ0) is 21.3. The Kier molecular flexibility index (Phi) is 5.15. The maximum Gasteiger partial charge on any atom is 0.256 e. The van der Waals surface area contributed by atoms with Gasteiger partial charge in [0.25, 0.3) is 5.91 Å². The van der Waals surface area contributed by atoms with Gasteiger partial charge in [-0.15, -0.1) is 0 Å². The number of para-hydroxylation sites is 1. The van der Waals surface area contributed by atoms with Crippen LogP contribution in [0.3, 0.4) is 0 Å². The number of aromatic nitrogens is 4. The molecule has 1 N–H and O–H groups in total. The van der Waals surface area contributed by atoms with E-state index in [-0.39, 0.29) is 12.0 Å². The summed E-state index contributed by atoms with van der Waals surface area (Å²) in [6.07, 6.45) is 8.99. The molecule has 2 fully saturated rings. The highest BCUT2D eigenvalue weighted by atomic mass is 16.5. The van der Waals surface area contributed by atoms with Crippen molar-refractivity contribution < 1.29 is 14.6 Å². The van der Waals surface area contributed by atoms with Gasteiger partial charge < -0.3 is 14.7 Å². The lowest BCUT2D eigenvalue weighted by Gasteiger charge is -2.37. The predicted molar refractivity (Wildman–Crippen MR) is 113 cm³/mol. The Morgan fingerprint density at radius 3 is 2.68 bits per heavy atom. The molecule has 160 valence electrons. The van der Waals surface area contributed by atoms with E-state index >= 15 is 0 Å². The molecule has 2 aliphatic rings. The van der Waals surface area contributed by atoms with Gasteiger partial charge in [-0.3, -0.25) is 4.79 Å². The minimum atomic E-state index is -0.750. The van der Waals surface area contributed by atoms with E-state index in [1.54, 1.807) is 24.7 Å². The number of pyridine rings is 1. The number of carbonyl (C=O) groups is 1. The topological polar surface area (TPSA) is 93.4 Å². The molecule has 3 heterocycles. The van der Waals surface area contributed by atoms with E-state index in [4.69, 9.17) is 4.74 Å². The van der Waals surface area contributed by atoms with Gasteiger partial charge in [-0.05, 0) is 55.9 Å². The van der Waals surface area contributed by atoms with Crippen LogP contribution in [0.4, 0.5) is 0 Å². The van der Waals surface area contributed by atoms with Crippen molar-refractivity contribution in [3.63, 3.8) is 0 Å². The molecular formula is C23H25N5O3. The van der Waals surface area contributed by atoms with Gasteiger partial charge in [-0.2, -0.15) is 15.0 Å². The molecule has 8 heteroatoms. The SMILES string of the molecule is O=C(c1ccccc1-n1nccn1)N1CCCC(Oc2cc(C3(O)CCC3)ccn2)C1. The average Bonchev–Trinajstić information content (AvgIpc) is 3.32. The second kappa shape index (κ2) is 8.11. The van der Waals surface area contributed by atoms with E-state index in [0.29, 0.717) is 30.2 Å². The monoisotopic (exact) mass is 419 g/mol. The molecule has 0 bridgehead atoms. The highest BCUT2D eigenvalue weighted by molar-refractivity contribution is 5.97. The maximum absolute atomic E-state index is 13.3. The lowest BCUT2D eigenvalue weighted by Crippen LogP contribution is -2.44. The number of likely N-dealkylation sites (tertiary alicyclic amines) is 1. The fourth-order valence-electron chi connectivity index (χ4n) is 4.29. The van der Waals surface area contributed by atoms with Crippen molar-refractivity contribution in [2.45, 2.75) is 43.8 Å². The first-order valence-electron chi connectivity index (χ1n) is 10.7. The number of piperidine rings is 1. The number of benzene rings is 1. The third kappa shape index (κ3) is 3.90. The predicted octanol–water partition coefficient (Wildman–Crippen LogP) is 2.72. The molecule has 3 aromatic rings. The van der Waals surface area contributed by atoms with Gasteiger partial charge in [-0.25, -0.2) is 4.98 Å². The Bertz CT molecular complexity index is 1060. The van der Waals surface area contributed by atoms with Crippen molar-refractivity contribution in [1.82, 2.24) is 24.9 Å². The van der Waals surface area contributed by atoms with Crippen LogP contribution in [-0.2, 0) is 5.60 Å². The summed E-state index contributed by atoms with van der Waals surface area (Å²) in [5, 5.41) is 18.9. The highest BCUT2D eigenvalue weighted by Gasteiger charge is 2.36. The molecule has 1 aliphatic carbocycles. The third-order valence-corrected chi connectivity index (χ3v) is 6.17. The van der Waals surface area contributed by atoms with Gasteiger partial charge in [0.2, 0.25) is 5.88 Å². The van der Waals surface area contributed by atoms with Gasteiger partial charge in [0.15, 0.2) is 0 Å².